The van der Waals surface area contributed by atoms with Crippen LogP contribution in [0.25, 0.3) is 10.8 Å². The third kappa shape index (κ3) is 2.65. The topological polar surface area (TPSA) is 49.0 Å². The Kier molecular flexibility index (Phi) is 3.85. The van der Waals surface area contributed by atoms with Crippen LogP contribution in [-0.2, 0) is 12.8 Å². The minimum absolute atomic E-state index is 0.155. The van der Waals surface area contributed by atoms with E-state index in [1.807, 2.05) is 30.5 Å². The molecule has 0 aliphatic heterocycles. The number of fused-ring (bicyclic) bond motifs is 2. The molecule has 2 aromatic carbocycles. The lowest BCUT2D eigenvalue weighted by molar-refractivity contribution is 0.0642. The number of aryl methyl sites for hydroxylation is 1. The van der Waals surface area contributed by atoms with Gasteiger partial charge in [0.2, 0.25) is 0 Å². The van der Waals surface area contributed by atoms with Gasteiger partial charge in [-0.3, -0.25) is 9.89 Å². The first-order valence-corrected chi connectivity index (χ1v) is 10.0. The number of H-pyrrole nitrogens is 1. The highest BCUT2D eigenvalue weighted by Gasteiger charge is 2.39. The molecule has 26 heavy (non-hydrogen) atoms. The molecule has 1 amide bonds. The first-order valence-electron chi connectivity index (χ1n) is 9.23. The molecule has 0 radical (unpaired) electrons. The first kappa shape index (κ1) is 16.1. The molecule has 0 spiro atoms. The van der Waals surface area contributed by atoms with E-state index in [-0.39, 0.29) is 11.9 Å². The molecule has 1 unspecified atom stereocenters. The molecule has 132 valence electrons. The van der Waals surface area contributed by atoms with E-state index in [4.69, 9.17) is 0 Å². The summed E-state index contributed by atoms with van der Waals surface area (Å²) in [6.07, 6.45) is 7.03. The van der Waals surface area contributed by atoms with Crippen LogP contribution in [0.3, 0.4) is 0 Å². The lowest BCUT2D eigenvalue weighted by Gasteiger charge is -2.34. The van der Waals surface area contributed by atoms with Crippen LogP contribution in [0, 0.1) is 0 Å². The standard InChI is InChI=1S/C21H20BrN3O/c22-20-17-4-2-1-3-13(17)5-9-18(20)21(26)25(15-6-7-15)16-8-10-19-14(11-16)12-23-24-19/h1-5,9,12,15-16H,6-8,10-11H2,(H,23,24). The van der Waals surface area contributed by atoms with Crippen LogP contribution in [0.5, 0.6) is 0 Å². The van der Waals surface area contributed by atoms with Crippen LogP contribution in [-0.4, -0.2) is 33.1 Å². The Bertz CT molecular complexity index is 992. The molecule has 1 heterocycles. The molecule has 2 aliphatic rings. The zero-order chi connectivity index (χ0) is 17.7. The van der Waals surface area contributed by atoms with Crippen molar-refractivity contribution in [2.45, 2.75) is 44.2 Å². The van der Waals surface area contributed by atoms with Gasteiger partial charge < -0.3 is 4.90 Å². The van der Waals surface area contributed by atoms with Gasteiger partial charge >= 0.3 is 0 Å². The van der Waals surface area contributed by atoms with Crippen LogP contribution in [0.15, 0.2) is 47.1 Å². The summed E-state index contributed by atoms with van der Waals surface area (Å²) >= 11 is 3.70. The van der Waals surface area contributed by atoms with Crippen molar-refractivity contribution in [1.29, 1.82) is 0 Å². The Morgan fingerprint density at radius 3 is 2.81 bits per heavy atom. The SMILES string of the molecule is O=C(c1ccc2ccccc2c1Br)N(C1CC1)C1CCc2[nH]ncc2C1. The van der Waals surface area contributed by atoms with Gasteiger partial charge in [0.15, 0.2) is 0 Å². The van der Waals surface area contributed by atoms with Gasteiger partial charge in [0.05, 0.1) is 11.8 Å². The number of nitrogens with zero attached hydrogens (tertiary/aromatic N) is 2. The quantitative estimate of drug-likeness (QED) is 0.692. The lowest BCUT2D eigenvalue weighted by Crippen LogP contribution is -2.45. The molecule has 4 nitrogen and oxygen atoms in total. The zero-order valence-electron chi connectivity index (χ0n) is 14.4. The molecule has 0 bridgehead atoms. The molecule has 1 aromatic heterocycles. The Balaban J connectivity index is 1.50. The second kappa shape index (κ2) is 6.23. The average Bonchev–Trinajstić information content (AvgIpc) is 3.38. The molecule has 3 aromatic rings. The van der Waals surface area contributed by atoms with Crippen molar-refractivity contribution < 1.29 is 4.79 Å². The number of halogens is 1. The molecule has 2 aliphatic carbocycles. The highest BCUT2D eigenvalue weighted by molar-refractivity contribution is 9.10. The predicted octanol–water partition coefficient (Wildman–Crippen LogP) is 4.49. The van der Waals surface area contributed by atoms with Gasteiger partial charge in [0.25, 0.3) is 5.91 Å². The second-order valence-corrected chi connectivity index (χ2v) is 8.16. The highest BCUT2D eigenvalue weighted by atomic mass is 79.9. The number of benzene rings is 2. The second-order valence-electron chi connectivity index (χ2n) is 7.36. The monoisotopic (exact) mass is 409 g/mol. The number of hydrogen-bond acceptors (Lipinski definition) is 2. The Morgan fingerprint density at radius 1 is 1.12 bits per heavy atom. The Labute approximate surface area is 160 Å². The Morgan fingerprint density at radius 2 is 1.96 bits per heavy atom. The summed E-state index contributed by atoms with van der Waals surface area (Å²) in [6, 6.07) is 12.9. The number of rotatable bonds is 3. The van der Waals surface area contributed by atoms with E-state index in [1.165, 1.54) is 11.3 Å². The number of aromatic amines is 1. The zero-order valence-corrected chi connectivity index (χ0v) is 16.0. The molecule has 1 fully saturated rings. The lowest BCUT2D eigenvalue weighted by atomic mass is 9.91. The van der Waals surface area contributed by atoms with Crippen molar-refractivity contribution >= 4 is 32.6 Å². The van der Waals surface area contributed by atoms with Crippen molar-refractivity contribution in [3.8, 4) is 0 Å². The predicted molar refractivity (Wildman–Crippen MR) is 105 cm³/mol. The van der Waals surface area contributed by atoms with Crippen LogP contribution < -0.4 is 0 Å². The van der Waals surface area contributed by atoms with E-state index < -0.39 is 0 Å². The summed E-state index contributed by atoms with van der Waals surface area (Å²) in [5.41, 5.74) is 3.27. The normalized spacial score (nSPS) is 19.3. The fourth-order valence-corrected chi connectivity index (χ4v) is 4.82. The first-order chi connectivity index (χ1) is 12.7. The van der Waals surface area contributed by atoms with Gasteiger partial charge in [-0.05, 0) is 70.4 Å². The molecule has 5 heteroatoms. The summed E-state index contributed by atoms with van der Waals surface area (Å²) in [5.74, 6) is 0.155. The molecule has 1 N–H and O–H groups in total. The number of carbonyl (C=O) groups is 1. The summed E-state index contributed by atoms with van der Waals surface area (Å²) in [7, 11) is 0. The summed E-state index contributed by atoms with van der Waals surface area (Å²) in [6.45, 7) is 0. The van der Waals surface area contributed by atoms with Gasteiger partial charge in [0.1, 0.15) is 0 Å². The Hall–Kier alpha value is -2.14. The van der Waals surface area contributed by atoms with Gasteiger partial charge in [-0.2, -0.15) is 5.10 Å². The van der Waals surface area contributed by atoms with E-state index in [2.05, 4.69) is 43.2 Å². The fourth-order valence-electron chi connectivity index (χ4n) is 4.15. The molecular formula is C21H20BrN3O. The van der Waals surface area contributed by atoms with E-state index in [0.717, 1.165) is 52.9 Å². The summed E-state index contributed by atoms with van der Waals surface area (Å²) in [5, 5.41) is 9.50. The maximum atomic E-state index is 13.5. The minimum Gasteiger partial charge on any atom is -0.332 e. The number of carbonyl (C=O) groups excluding carboxylic acids is 1. The van der Waals surface area contributed by atoms with Gasteiger partial charge in [-0.25, -0.2) is 0 Å². The molecule has 0 saturated heterocycles. The van der Waals surface area contributed by atoms with Crippen LogP contribution in [0.1, 0.15) is 40.9 Å². The van der Waals surface area contributed by atoms with Gasteiger partial charge in [0, 0.05) is 22.3 Å². The molecule has 5 rings (SSSR count). The third-order valence-electron chi connectivity index (χ3n) is 5.65. The van der Waals surface area contributed by atoms with E-state index >= 15 is 0 Å². The van der Waals surface area contributed by atoms with Crippen molar-refractivity contribution in [3.63, 3.8) is 0 Å². The van der Waals surface area contributed by atoms with Crippen LogP contribution >= 0.6 is 15.9 Å². The number of hydrogen-bond donors (Lipinski definition) is 1. The molecule has 1 atom stereocenters. The fraction of sp³-hybridized carbons (Fsp3) is 0.333. The van der Waals surface area contributed by atoms with E-state index in [1.54, 1.807) is 0 Å². The summed E-state index contributed by atoms with van der Waals surface area (Å²) < 4.78 is 0.908. The van der Waals surface area contributed by atoms with Crippen molar-refractivity contribution in [2.24, 2.45) is 0 Å². The molecular weight excluding hydrogens is 390 g/mol. The van der Waals surface area contributed by atoms with Crippen molar-refractivity contribution in [3.05, 3.63) is 63.9 Å². The van der Waals surface area contributed by atoms with Gasteiger partial charge in [-0.15, -0.1) is 0 Å². The smallest absolute Gasteiger partial charge is 0.255 e. The highest BCUT2D eigenvalue weighted by Crippen LogP contribution is 2.36. The largest absolute Gasteiger partial charge is 0.332 e. The van der Waals surface area contributed by atoms with E-state index in [0.29, 0.717) is 6.04 Å². The van der Waals surface area contributed by atoms with Crippen molar-refractivity contribution in [2.75, 3.05) is 0 Å². The van der Waals surface area contributed by atoms with Gasteiger partial charge in [-0.1, -0.05) is 30.3 Å². The summed E-state index contributed by atoms with van der Waals surface area (Å²) in [4.78, 5) is 15.7. The number of nitrogens with one attached hydrogen (secondary N) is 1. The minimum atomic E-state index is 0.155. The third-order valence-corrected chi connectivity index (χ3v) is 6.51. The molecule has 1 saturated carbocycles. The number of amides is 1. The number of aromatic nitrogens is 2. The maximum Gasteiger partial charge on any atom is 0.255 e. The van der Waals surface area contributed by atoms with E-state index in [9.17, 15) is 4.79 Å². The van der Waals surface area contributed by atoms with Crippen LogP contribution in [0.4, 0.5) is 0 Å². The van der Waals surface area contributed by atoms with Crippen LogP contribution in [0.2, 0.25) is 0 Å². The maximum absolute atomic E-state index is 13.5. The van der Waals surface area contributed by atoms with Crippen molar-refractivity contribution in [1.82, 2.24) is 15.1 Å². The average molecular weight is 410 g/mol.